The minimum absolute atomic E-state index is 0.0795. The van der Waals surface area contributed by atoms with Crippen LogP contribution in [0.5, 0.6) is 0 Å². The number of ether oxygens (including phenoxy) is 1. The van der Waals surface area contributed by atoms with Gasteiger partial charge in [-0.05, 0) is 11.8 Å². The Labute approximate surface area is 114 Å². The highest BCUT2D eigenvalue weighted by Gasteiger charge is 2.07. The number of urea groups is 1. The fraction of sp³-hybridized carbons (Fsp3) is 0.182. The van der Waals surface area contributed by atoms with Crippen molar-refractivity contribution in [3.63, 3.8) is 0 Å². The number of benzene rings is 1. The quantitative estimate of drug-likeness (QED) is 0.439. The second-order valence-corrected chi connectivity index (χ2v) is 4.11. The highest BCUT2D eigenvalue weighted by atomic mass is 32.2. The molecule has 102 valence electrons. The Morgan fingerprint density at radius 3 is 2.68 bits per heavy atom. The van der Waals surface area contributed by atoms with Crippen molar-refractivity contribution in [2.24, 2.45) is 10.8 Å². The highest BCUT2D eigenvalue weighted by molar-refractivity contribution is 8.13. The molecular formula is C11H14N4O3S. The number of nitrogens with one attached hydrogen (secondary N) is 2. The molecule has 4 N–H and O–H groups in total. The third kappa shape index (κ3) is 6.32. The van der Waals surface area contributed by atoms with Crippen LogP contribution in [0.4, 0.5) is 9.59 Å². The zero-order chi connectivity index (χ0) is 14.1. The van der Waals surface area contributed by atoms with Gasteiger partial charge in [-0.25, -0.2) is 20.3 Å². The van der Waals surface area contributed by atoms with E-state index in [9.17, 15) is 9.59 Å². The Kier molecular flexibility index (Phi) is 6.23. The minimum atomic E-state index is -0.862. The van der Waals surface area contributed by atoms with Gasteiger partial charge in [-0.2, -0.15) is 0 Å². The zero-order valence-electron chi connectivity index (χ0n) is 10.3. The Balaban J connectivity index is 2.29. The second kappa shape index (κ2) is 7.98. The van der Waals surface area contributed by atoms with E-state index in [1.54, 1.807) is 18.4 Å². The Bertz CT molecular complexity index is 464. The number of carbonyl (C=O) groups is 2. The van der Waals surface area contributed by atoms with Gasteiger partial charge in [0.2, 0.25) is 0 Å². The van der Waals surface area contributed by atoms with Crippen LogP contribution < -0.4 is 16.5 Å². The minimum Gasteiger partial charge on any atom is -0.444 e. The Morgan fingerprint density at radius 1 is 1.37 bits per heavy atom. The number of thioether (sulfide) groups is 1. The van der Waals surface area contributed by atoms with Gasteiger partial charge in [-0.3, -0.25) is 0 Å². The number of nitrogens with two attached hydrogens (primary N) is 1. The lowest BCUT2D eigenvalue weighted by atomic mass is 10.2. The number of hydrazone groups is 1. The molecule has 0 saturated carbocycles. The molecule has 0 spiro atoms. The van der Waals surface area contributed by atoms with Crippen LogP contribution in [0.25, 0.3) is 0 Å². The average molecular weight is 282 g/mol. The van der Waals surface area contributed by atoms with E-state index in [0.29, 0.717) is 0 Å². The summed E-state index contributed by atoms with van der Waals surface area (Å²) >= 11 is 1.16. The fourth-order valence-corrected chi connectivity index (χ4v) is 1.17. The van der Waals surface area contributed by atoms with Gasteiger partial charge in [-0.15, -0.1) is 5.10 Å². The summed E-state index contributed by atoms with van der Waals surface area (Å²) in [6.07, 6.45) is 0.839. The number of amides is 3. The van der Waals surface area contributed by atoms with Crippen LogP contribution in [-0.4, -0.2) is 23.5 Å². The van der Waals surface area contributed by atoms with Crippen molar-refractivity contribution in [1.29, 1.82) is 0 Å². The monoisotopic (exact) mass is 282 g/mol. The lowest BCUT2D eigenvalue weighted by Crippen LogP contribution is -2.38. The first-order valence-electron chi connectivity index (χ1n) is 5.26. The number of hydrogen-bond donors (Lipinski definition) is 3. The van der Waals surface area contributed by atoms with Gasteiger partial charge in [0, 0.05) is 0 Å². The number of alkyl carbamates (subject to hydrolysis) is 1. The van der Waals surface area contributed by atoms with Crippen molar-refractivity contribution in [2.75, 3.05) is 6.26 Å². The lowest BCUT2D eigenvalue weighted by Gasteiger charge is -2.05. The Morgan fingerprint density at radius 2 is 2.05 bits per heavy atom. The van der Waals surface area contributed by atoms with Gasteiger partial charge in [0.05, 0.1) is 0 Å². The van der Waals surface area contributed by atoms with Crippen molar-refractivity contribution in [2.45, 2.75) is 6.61 Å². The van der Waals surface area contributed by atoms with Gasteiger partial charge in [-0.1, -0.05) is 42.1 Å². The molecule has 0 atom stereocenters. The summed E-state index contributed by atoms with van der Waals surface area (Å²) in [5.74, 6) is 0. The number of hydrogen-bond acceptors (Lipinski definition) is 5. The molecule has 0 aromatic heterocycles. The summed E-state index contributed by atoms with van der Waals surface area (Å²) in [5, 5.41) is 5.62. The van der Waals surface area contributed by atoms with Crippen molar-refractivity contribution in [3.8, 4) is 0 Å². The molecule has 1 aromatic carbocycles. The molecule has 0 bridgehead atoms. The second-order valence-electron chi connectivity index (χ2n) is 3.28. The summed E-state index contributed by atoms with van der Waals surface area (Å²) in [4.78, 5) is 22.5. The molecular weight excluding hydrogens is 268 g/mol. The van der Waals surface area contributed by atoms with Gasteiger partial charge >= 0.3 is 12.1 Å². The molecule has 0 heterocycles. The van der Waals surface area contributed by atoms with Crippen LogP contribution in [0.15, 0.2) is 35.4 Å². The van der Waals surface area contributed by atoms with Crippen LogP contribution in [0.3, 0.4) is 0 Å². The molecule has 8 heteroatoms. The molecule has 1 rings (SSSR count). The third-order valence-corrected chi connectivity index (χ3v) is 2.41. The Hall–Kier alpha value is -2.22. The number of rotatable bonds is 3. The van der Waals surface area contributed by atoms with Crippen LogP contribution >= 0.6 is 11.8 Å². The standard InChI is InChI=1S/C11H14N4O3S/c1-19-9(12)14-15-10(16)13-11(17)18-7-8-5-3-2-4-6-8/h2-6H,7H2,1H3,(H2,12,14)(H2,13,15,16,17). The fourth-order valence-electron chi connectivity index (χ4n) is 1.03. The number of amidine groups is 1. The van der Waals surface area contributed by atoms with E-state index in [2.05, 4.69) is 10.5 Å². The van der Waals surface area contributed by atoms with Crippen LogP contribution in [-0.2, 0) is 11.3 Å². The number of imide groups is 1. The number of nitrogens with zero attached hydrogens (tertiary/aromatic N) is 1. The predicted octanol–water partition coefficient (Wildman–Crippen LogP) is 1.22. The van der Waals surface area contributed by atoms with E-state index >= 15 is 0 Å². The van der Waals surface area contributed by atoms with Crippen molar-refractivity contribution in [1.82, 2.24) is 10.7 Å². The first kappa shape index (κ1) is 14.8. The summed E-state index contributed by atoms with van der Waals surface area (Å²) in [7, 11) is 0. The summed E-state index contributed by atoms with van der Waals surface area (Å²) < 4.78 is 4.84. The maximum atomic E-state index is 11.3. The maximum absolute atomic E-state index is 11.3. The molecule has 19 heavy (non-hydrogen) atoms. The average Bonchev–Trinajstić information content (AvgIpc) is 2.43. The van der Waals surface area contributed by atoms with Gasteiger partial charge in [0.15, 0.2) is 5.17 Å². The smallest absolute Gasteiger partial charge is 0.415 e. The molecule has 0 aliphatic carbocycles. The molecule has 0 aliphatic heterocycles. The van der Waals surface area contributed by atoms with E-state index < -0.39 is 12.1 Å². The molecule has 0 fully saturated rings. The molecule has 7 nitrogen and oxygen atoms in total. The maximum Gasteiger partial charge on any atom is 0.415 e. The molecule has 0 radical (unpaired) electrons. The van der Waals surface area contributed by atoms with E-state index in [1.165, 1.54) is 0 Å². The van der Waals surface area contributed by atoms with Crippen LogP contribution in [0, 0.1) is 0 Å². The van der Waals surface area contributed by atoms with E-state index in [-0.39, 0.29) is 11.8 Å². The molecule has 1 aromatic rings. The highest BCUT2D eigenvalue weighted by Crippen LogP contribution is 2.00. The molecule has 0 saturated heterocycles. The molecule has 3 amide bonds. The molecule has 0 unspecified atom stereocenters. The number of carbonyl (C=O) groups excluding carboxylic acids is 2. The third-order valence-electron chi connectivity index (χ3n) is 1.91. The first-order chi connectivity index (χ1) is 9.11. The summed E-state index contributed by atoms with van der Waals surface area (Å²) in [6.45, 7) is 0.0795. The van der Waals surface area contributed by atoms with E-state index in [1.807, 2.05) is 23.5 Å². The van der Waals surface area contributed by atoms with E-state index in [4.69, 9.17) is 10.5 Å². The van der Waals surface area contributed by atoms with Crippen molar-refractivity contribution >= 4 is 29.1 Å². The largest absolute Gasteiger partial charge is 0.444 e. The topological polar surface area (TPSA) is 106 Å². The van der Waals surface area contributed by atoms with Crippen molar-refractivity contribution in [3.05, 3.63) is 35.9 Å². The summed E-state index contributed by atoms with van der Waals surface area (Å²) in [5.41, 5.74) is 8.22. The van der Waals surface area contributed by atoms with Crippen LogP contribution in [0.1, 0.15) is 5.56 Å². The zero-order valence-corrected chi connectivity index (χ0v) is 11.1. The first-order valence-corrected chi connectivity index (χ1v) is 6.49. The van der Waals surface area contributed by atoms with Crippen molar-refractivity contribution < 1.29 is 14.3 Å². The van der Waals surface area contributed by atoms with Gasteiger partial charge in [0.1, 0.15) is 6.61 Å². The van der Waals surface area contributed by atoms with E-state index in [0.717, 1.165) is 17.3 Å². The predicted molar refractivity (Wildman–Crippen MR) is 73.4 cm³/mol. The lowest BCUT2D eigenvalue weighted by molar-refractivity contribution is 0.141. The normalized spacial score (nSPS) is 10.7. The van der Waals surface area contributed by atoms with Crippen LogP contribution in [0.2, 0.25) is 0 Å². The summed E-state index contributed by atoms with van der Waals surface area (Å²) in [6, 6.07) is 8.29. The molecule has 0 aliphatic rings. The SMILES string of the molecule is CSC(N)=NNC(=O)NC(=O)OCc1ccccc1. The van der Waals surface area contributed by atoms with Gasteiger partial charge < -0.3 is 10.5 Å². The van der Waals surface area contributed by atoms with Gasteiger partial charge in [0.25, 0.3) is 0 Å².